The van der Waals surface area contributed by atoms with Gasteiger partial charge in [0.2, 0.25) is 0 Å². The summed E-state index contributed by atoms with van der Waals surface area (Å²) in [7, 11) is 0. The van der Waals surface area contributed by atoms with Crippen molar-refractivity contribution in [2.45, 2.75) is 5.41 Å². The predicted octanol–water partition coefficient (Wildman–Crippen LogP) is 9.61. The molecule has 7 aromatic rings. The molecule has 0 bridgehead atoms. The number of benzene rings is 7. The number of ether oxygens (including phenoxy) is 2. The fraction of sp³-hybridized carbons (Fsp3) is 0.0222. The predicted molar refractivity (Wildman–Crippen MR) is 201 cm³/mol. The Morgan fingerprint density at radius 1 is 0.471 bits per heavy atom. The Hall–Kier alpha value is -7.10. The van der Waals surface area contributed by atoms with E-state index >= 15 is 0 Å². The van der Waals surface area contributed by atoms with Gasteiger partial charge >= 0.3 is 0 Å². The van der Waals surface area contributed by atoms with Crippen LogP contribution in [0.15, 0.2) is 158 Å². The van der Waals surface area contributed by atoms with Crippen molar-refractivity contribution >= 4 is 11.4 Å². The molecule has 0 saturated carbocycles. The molecule has 6 N–H and O–H groups in total. The Morgan fingerprint density at radius 2 is 0.980 bits per heavy atom. The van der Waals surface area contributed by atoms with Gasteiger partial charge in [0.05, 0.1) is 16.8 Å². The third-order valence-electron chi connectivity index (χ3n) is 9.22. The highest BCUT2D eigenvalue weighted by Crippen LogP contribution is 2.57. The highest BCUT2D eigenvalue weighted by molar-refractivity contribution is 5.88. The summed E-state index contributed by atoms with van der Waals surface area (Å²) in [4.78, 5) is 0. The summed E-state index contributed by atoms with van der Waals surface area (Å²) in [6.45, 7) is 0. The second-order valence-electron chi connectivity index (χ2n) is 12.3. The average Bonchev–Trinajstić information content (AvgIpc) is 3.46. The summed E-state index contributed by atoms with van der Waals surface area (Å²) in [6.07, 6.45) is 0. The first-order valence-corrected chi connectivity index (χ1v) is 16.4. The molecule has 0 unspecified atom stereocenters. The minimum absolute atomic E-state index is 0.00739. The molecule has 7 aromatic carbocycles. The van der Waals surface area contributed by atoms with Gasteiger partial charge in [0.1, 0.15) is 34.5 Å². The number of phenols is 2. The van der Waals surface area contributed by atoms with Crippen molar-refractivity contribution < 1.29 is 19.7 Å². The van der Waals surface area contributed by atoms with Crippen LogP contribution in [-0.2, 0) is 5.41 Å². The zero-order chi connectivity index (χ0) is 35.0. The van der Waals surface area contributed by atoms with Crippen LogP contribution < -0.4 is 20.9 Å². The second kappa shape index (κ2) is 12.7. The molecule has 8 rings (SSSR count). The van der Waals surface area contributed by atoms with Crippen molar-refractivity contribution in [1.82, 2.24) is 0 Å². The Morgan fingerprint density at radius 3 is 1.55 bits per heavy atom. The lowest BCUT2D eigenvalue weighted by atomic mass is 9.66. The number of rotatable bonds is 6. The number of nitrogens with two attached hydrogens (primary N) is 2. The van der Waals surface area contributed by atoms with Crippen molar-refractivity contribution in [1.29, 1.82) is 0 Å². The van der Waals surface area contributed by atoms with E-state index in [2.05, 4.69) is 78.6 Å². The zero-order valence-corrected chi connectivity index (χ0v) is 27.4. The van der Waals surface area contributed by atoms with Crippen LogP contribution in [0.5, 0.6) is 34.5 Å². The van der Waals surface area contributed by atoms with E-state index < -0.39 is 5.41 Å². The van der Waals surface area contributed by atoms with Gasteiger partial charge in [-0.15, -0.1) is 0 Å². The maximum absolute atomic E-state index is 9.89. The van der Waals surface area contributed by atoms with Crippen molar-refractivity contribution in [3.8, 4) is 57.5 Å². The number of hydrogen-bond acceptors (Lipinski definition) is 6. The summed E-state index contributed by atoms with van der Waals surface area (Å²) in [5, 5.41) is 19.8. The molecule has 1 aliphatic rings. The van der Waals surface area contributed by atoms with Gasteiger partial charge in [-0.3, -0.25) is 0 Å². The Balaban J connectivity index is 1.30. The van der Waals surface area contributed by atoms with Gasteiger partial charge in [-0.1, -0.05) is 90.7 Å². The minimum atomic E-state index is -0.753. The molecule has 0 spiro atoms. The highest BCUT2D eigenvalue weighted by Gasteiger charge is 2.47. The van der Waals surface area contributed by atoms with Crippen LogP contribution >= 0.6 is 0 Å². The number of anilines is 2. The Bertz CT molecular complexity index is 2370. The largest absolute Gasteiger partial charge is 0.506 e. The normalized spacial score (nSPS) is 12.2. The van der Waals surface area contributed by atoms with E-state index in [9.17, 15) is 10.2 Å². The van der Waals surface area contributed by atoms with E-state index in [4.69, 9.17) is 20.9 Å². The smallest absolute Gasteiger partial charge is 0.138 e. The molecule has 0 amide bonds. The Kier molecular flexibility index (Phi) is 7.79. The van der Waals surface area contributed by atoms with Gasteiger partial charge in [0.25, 0.3) is 0 Å². The van der Waals surface area contributed by atoms with Crippen molar-refractivity contribution in [3.05, 3.63) is 191 Å². The van der Waals surface area contributed by atoms with Crippen molar-refractivity contribution in [2.75, 3.05) is 11.5 Å². The molecular formula is C45H32N2O4. The maximum Gasteiger partial charge on any atom is 0.138 e. The SMILES string of the molecule is Nc1cc(Oc2ccc(C3(c4ccc(Oc5ccc(O)c(N)c5)cc4)c4ccccc4-c4cccc(C#Cc5ccccc5)c43)cc2)ccc1O. The molecular weight excluding hydrogens is 633 g/mol. The molecule has 0 heterocycles. The maximum atomic E-state index is 9.89. The molecule has 0 fully saturated rings. The first-order valence-electron chi connectivity index (χ1n) is 16.4. The van der Waals surface area contributed by atoms with Crippen LogP contribution in [0.25, 0.3) is 11.1 Å². The van der Waals surface area contributed by atoms with Crippen molar-refractivity contribution in [2.24, 2.45) is 0 Å². The minimum Gasteiger partial charge on any atom is -0.506 e. The zero-order valence-electron chi connectivity index (χ0n) is 27.4. The lowest BCUT2D eigenvalue weighted by Gasteiger charge is -2.34. The van der Waals surface area contributed by atoms with Gasteiger partial charge in [-0.05, 0) is 100 Å². The standard InChI is InChI=1S/C45H32N2O4/c46-40-27-35(23-25-42(40)48)50-33-19-15-31(16-20-33)45(32-17-21-34(22-18-32)51-36-24-26-43(49)41(47)28-36)39-12-5-4-10-37(39)38-11-6-9-30(44(38)45)14-13-29-7-2-1-3-8-29/h1-12,15-28,48-49H,46-47H2. The van der Waals surface area contributed by atoms with Gasteiger partial charge in [0.15, 0.2) is 0 Å². The van der Waals surface area contributed by atoms with E-state index in [1.807, 2.05) is 54.6 Å². The second-order valence-corrected chi connectivity index (χ2v) is 12.3. The van der Waals surface area contributed by atoms with Gasteiger partial charge in [-0.2, -0.15) is 0 Å². The summed E-state index contributed by atoms with van der Waals surface area (Å²) in [5.41, 5.74) is 20.0. The molecule has 246 valence electrons. The first kappa shape index (κ1) is 31.2. The lowest BCUT2D eigenvalue weighted by Crippen LogP contribution is -2.29. The van der Waals surface area contributed by atoms with Crippen LogP contribution in [0.4, 0.5) is 11.4 Å². The van der Waals surface area contributed by atoms with Gasteiger partial charge < -0.3 is 31.2 Å². The molecule has 0 aromatic heterocycles. The van der Waals surface area contributed by atoms with Crippen LogP contribution in [-0.4, -0.2) is 10.2 Å². The number of hydrogen-bond donors (Lipinski definition) is 4. The van der Waals surface area contributed by atoms with Crippen LogP contribution in [0.1, 0.15) is 33.4 Å². The van der Waals surface area contributed by atoms with Gasteiger partial charge in [0, 0.05) is 23.3 Å². The topological polar surface area (TPSA) is 111 Å². The summed E-state index contributed by atoms with van der Waals surface area (Å²) in [6, 6.07) is 50.6. The van der Waals surface area contributed by atoms with Crippen LogP contribution in [0.2, 0.25) is 0 Å². The number of fused-ring (bicyclic) bond motifs is 3. The van der Waals surface area contributed by atoms with Crippen LogP contribution in [0, 0.1) is 11.8 Å². The number of nitrogen functional groups attached to an aromatic ring is 2. The highest BCUT2D eigenvalue weighted by atomic mass is 16.5. The molecule has 1 aliphatic carbocycles. The fourth-order valence-corrected chi connectivity index (χ4v) is 6.90. The van der Waals surface area contributed by atoms with E-state index in [1.165, 1.54) is 12.1 Å². The van der Waals surface area contributed by atoms with Crippen molar-refractivity contribution in [3.63, 3.8) is 0 Å². The third kappa shape index (κ3) is 5.63. The van der Waals surface area contributed by atoms with E-state index in [0.29, 0.717) is 23.0 Å². The van der Waals surface area contributed by atoms with E-state index in [-0.39, 0.29) is 22.9 Å². The number of phenolic OH excluding ortho intramolecular Hbond substituents is 2. The molecule has 6 heteroatoms. The Labute approximate surface area is 295 Å². The molecule has 51 heavy (non-hydrogen) atoms. The third-order valence-corrected chi connectivity index (χ3v) is 9.22. The molecule has 0 aliphatic heterocycles. The molecule has 0 saturated heterocycles. The summed E-state index contributed by atoms with van der Waals surface area (Å²) >= 11 is 0. The quantitative estimate of drug-likeness (QED) is 0.0801. The van der Waals surface area contributed by atoms with Gasteiger partial charge in [-0.25, -0.2) is 0 Å². The first-order chi connectivity index (χ1) is 24.9. The molecule has 6 nitrogen and oxygen atoms in total. The monoisotopic (exact) mass is 664 g/mol. The number of aromatic hydroxyl groups is 2. The molecule has 0 radical (unpaired) electrons. The average molecular weight is 665 g/mol. The summed E-state index contributed by atoms with van der Waals surface area (Å²) in [5.74, 6) is 9.24. The lowest BCUT2D eigenvalue weighted by molar-refractivity contribution is 0.466. The molecule has 0 atom stereocenters. The summed E-state index contributed by atoms with van der Waals surface area (Å²) < 4.78 is 12.3. The fourth-order valence-electron chi connectivity index (χ4n) is 6.90. The van der Waals surface area contributed by atoms with E-state index in [0.717, 1.165) is 44.5 Å². The van der Waals surface area contributed by atoms with E-state index in [1.54, 1.807) is 24.3 Å². The van der Waals surface area contributed by atoms with Crippen LogP contribution in [0.3, 0.4) is 0 Å².